The van der Waals surface area contributed by atoms with Crippen molar-refractivity contribution in [2.75, 3.05) is 7.11 Å². The minimum absolute atomic E-state index is 0.152. The van der Waals surface area contributed by atoms with Crippen LogP contribution < -0.4 is 9.47 Å². The predicted molar refractivity (Wildman–Crippen MR) is 74.1 cm³/mol. The molecule has 0 unspecified atom stereocenters. The molecule has 0 spiro atoms. The molecule has 0 atom stereocenters. The summed E-state index contributed by atoms with van der Waals surface area (Å²) >= 11 is 3.34. The zero-order valence-electron chi connectivity index (χ0n) is 11.1. The van der Waals surface area contributed by atoms with E-state index in [0.717, 1.165) is 6.29 Å². The SMILES string of the molecule is CCc1nc(COc2c(Br)cc(C=O)cc2OC)no1. The van der Waals surface area contributed by atoms with Crippen LogP contribution >= 0.6 is 15.9 Å². The van der Waals surface area contributed by atoms with Gasteiger partial charge in [-0.25, -0.2) is 0 Å². The van der Waals surface area contributed by atoms with E-state index >= 15 is 0 Å². The lowest BCUT2D eigenvalue weighted by Crippen LogP contribution is -2.01. The highest BCUT2D eigenvalue weighted by Gasteiger charge is 2.13. The average Bonchev–Trinajstić information content (AvgIpc) is 2.93. The number of benzene rings is 1. The van der Waals surface area contributed by atoms with Crippen LogP contribution in [0.2, 0.25) is 0 Å². The van der Waals surface area contributed by atoms with Crippen molar-refractivity contribution in [3.63, 3.8) is 0 Å². The molecule has 0 radical (unpaired) electrons. The van der Waals surface area contributed by atoms with E-state index in [4.69, 9.17) is 14.0 Å². The van der Waals surface area contributed by atoms with Gasteiger partial charge in [0.1, 0.15) is 6.29 Å². The molecular formula is C13H13BrN2O4. The van der Waals surface area contributed by atoms with Crippen LogP contribution in [0.3, 0.4) is 0 Å². The molecule has 2 rings (SSSR count). The van der Waals surface area contributed by atoms with Crippen LogP contribution in [0.25, 0.3) is 0 Å². The predicted octanol–water partition coefficient (Wildman–Crippen LogP) is 2.79. The number of halogens is 1. The quantitative estimate of drug-likeness (QED) is 0.752. The Balaban J connectivity index is 2.18. The summed E-state index contributed by atoms with van der Waals surface area (Å²) < 4.78 is 16.5. The summed E-state index contributed by atoms with van der Waals surface area (Å²) in [6.07, 6.45) is 1.41. The monoisotopic (exact) mass is 340 g/mol. The molecular weight excluding hydrogens is 328 g/mol. The summed E-state index contributed by atoms with van der Waals surface area (Å²) in [4.78, 5) is 15.0. The van der Waals surface area contributed by atoms with Crippen molar-refractivity contribution in [1.29, 1.82) is 0 Å². The Kier molecular flexibility index (Phi) is 4.73. The molecule has 2 aromatic rings. The first kappa shape index (κ1) is 14.5. The fourth-order valence-corrected chi connectivity index (χ4v) is 2.15. The molecule has 20 heavy (non-hydrogen) atoms. The van der Waals surface area contributed by atoms with Crippen LogP contribution in [0, 0.1) is 0 Å². The van der Waals surface area contributed by atoms with Gasteiger partial charge in [0.2, 0.25) is 11.7 Å². The van der Waals surface area contributed by atoms with Crippen LogP contribution in [0.4, 0.5) is 0 Å². The van der Waals surface area contributed by atoms with E-state index in [1.54, 1.807) is 12.1 Å². The highest BCUT2D eigenvalue weighted by molar-refractivity contribution is 9.10. The fourth-order valence-electron chi connectivity index (χ4n) is 1.58. The smallest absolute Gasteiger partial charge is 0.226 e. The zero-order chi connectivity index (χ0) is 14.5. The van der Waals surface area contributed by atoms with Gasteiger partial charge in [0, 0.05) is 12.0 Å². The largest absolute Gasteiger partial charge is 0.493 e. The Labute approximate surface area is 124 Å². The van der Waals surface area contributed by atoms with E-state index in [0.29, 0.717) is 39.7 Å². The Hall–Kier alpha value is -1.89. The number of rotatable bonds is 6. The molecule has 7 heteroatoms. The van der Waals surface area contributed by atoms with Gasteiger partial charge in [-0.1, -0.05) is 12.1 Å². The van der Waals surface area contributed by atoms with E-state index in [1.165, 1.54) is 7.11 Å². The third-order valence-corrected chi connectivity index (χ3v) is 3.14. The third-order valence-electron chi connectivity index (χ3n) is 2.55. The molecule has 0 aliphatic rings. The van der Waals surface area contributed by atoms with Crippen molar-refractivity contribution in [1.82, 2.24) is 10.1 Å². The molecule has 0 amide bonds. The number of aryl methyl sites for hydroxylation is 1. The summed E-state index contributed by atoms with van der Waals surface area (Å²) in [5.41, 5.74) is 0.494. The number of aromatic nitrogens is 2. The van der Waals surface area contributed by atoms with Gasteiger partial charge in [0.15, 0.2) is 18.1 Å². The summed E-state index contributed by atoms with van der Waals surface area (Å²) in [6, 6.07) is 3.25. The molecule has 1 aromatic carbocycles. The van der Waals surface area contributed by atoms with Gasteiger partial charge in [-0.15, -0.1) is 0 Å². The van der Waals surface area contributed by atoms with Crippen molar-refractivity contribution in [3.8, 4) is 11.5 Å². The molecule has 0 N–H and O–H groups in total. The number of ether oxygens (including phenoxy) is 2. The minimum Gasteiger partial charge on any atom is -0.493 e. The van der Waals surface area contributed by atoms with Gasteiger partial charge in [-0.05, 0) is 28.1 Å². The molecule has 0 aliphatic heterocycles. The Bertz CT molecular complexity index is 612. The van der Waals surface area contributed by atoms with E-state index < -0.39 is 0 Å². The van der Waals surface area contributed by atoms with E-state index in [1.807, 2.05) is 6.92 Å². The molecule has 1 heterocycles. The Morgan fingerprint density at radius 3 is 2.85 bits per heavy atom. The van der Waals surface area contributed by atoms with Crippen LogP contribution in [0.15, 0.2) is 21.1 Å². The summed E-state index contributed by atoms with van der Waals surface area (Å²) in [6.45, 7) is 2.08. The second kappa shape index (κ2) is 6.51. The van der Waals surface area contributed by atoms with Crippen molar-refractivity contribution in [2.45, 2.75) is 20.0 Å². The molecule has 0 saturated carbocycles. The van der Waals surface area contributed by atoms with Gasteiger partial charge in [0.05, 0.1) is 11.6 Å². The summed E-state index contributed by atoms with van der Waals surface area (Å²) in [7, 11) is 1.51. The van der Waals surface area contributed by atoms with Crippen LogP contribution in [-0.2, 0) is 13.0 Å². The maximum atomic E-state index is 10.8. The Morgan fingerprint density at radius 2 is 2.25 bits per heavy atom. The van der Waals surface area contributed by atoms with E-state index in [2.05, 4.69) is 26.1 Å². The van der Waals surface area contributed by atoms with Crippen LogP contribution in [-0.4, -0.2) is 23.5 Å². The van der Waals surface area contributed by atoms with Gasteiger partial charge >= 0.3 is 0 Å². The number of nitrogens with zero attached hydrogens (tertiary/aromatic N) is 2. The summed E-state index contributed by atoms with van der Waals surface area (Å²) in [5, 5.41) is 3.80. The molecule has 0 saturated heterocycles. The second-order valence-corrected chi connectivity index (χ2v) is 4.75. The molecule has 6 nitrogen and oxygen atoms in total. The van der Waals surface area contributed by atoms with Crippen LogP contribution in [0.1, 0.15) is 29.0 Å². The number of aldehydes is 1. The lowest BCUT2D eigenvalue weighted by Gasteiger charge is -2.11. The Morgan fingerprint density at radius 1 is 1.45 bits per heavy atom. The molecule has 0 fully saturated rings. The topological polar surface area (TPSA) is 74.5 Å². The molecule has 0 bridgehead atoms. The first-order valence-corrected chi connectivity index (χ1v) is 6.74. The first-order chi connectivity index (χ1) is 9.67. The molecule has 1 aromatic heterocycles. The van der Waals surface area contributed by atoms with Gasteiger partial charge < -0.3 is 14.0 Å². The standard InChI is InChI=1S/C13H13BrN2O4/c1-3-12-15-11(16-20-12)7-19-13-9(14)4-8(6-17)5-10(13)18-2/h4-6H,3,7H2,1-2H3. The van der Waals surface area contributed by atoms with Crippen molar-refractivity contribution in [3.05, 3.63) is 33.9 Å². The third kappa shape index (κ3) is 3.16. The number of carbonyl (C=O) groups excluding carboxylic acids is 1. The highest BCUT2D eigenvalue weighted by atomic mass is 79.9. The van der Waals surface area contributed by atoms with Crippen molar-refractivity contribution >= 4 is 22.2 Å². The maximum Gasteiger partial charge on any atom is 0.226 e. The van der Waals surface area contributed by atoms with Crippen LogP contribution in [0.5, 0.6) is 11.5 Å². The van der Waals surface area contributed by atoms with Crippen molar-refractivity contribution in [2.24, 2.45) is 0 Å². The van der Waals surface area contributed by atoms with Crippen molar-refractivity contribution < 1.29 is 18.8 Å². The number of hydrogen-bond acceptors (Lipinski definition) is 6. The fraction of sp³-hybridized carbons (Fsp3) is 0.308. The normalized spacial score (nSPS) is 10.3. The van der Waals surface area contributed by atoms with E-state index in [9.17, 15) is 4.79 Å². The summed E-state index contributed by atoms with van der Waals surface area (Å²) in [5.74, 6) is 1.96. The molecule has 0 aliphatic carbocycles. The number of hydrogen-bond donors (Lipinski definition) is 0. The lowest BCUT2D eigenvalue weighted by molar-refractivity contribution is 0.112. The maximum absolute atomic E-state index is 10.8. The first-order valence-electron chi connectivity index (χ1n) is 5.94. The minimum atomic E-state index is 0.152. The van der Waals surface area contributed by atoms with Gasteiger partial charge in [-0.2, -0.15) is 4.98 Å². The zero-order valence-corrected chi connectivity index (χ0v) is 12.6. The second-order valence-electron chi connectivity index (χ2n) is 3.90. The van der Waals surface area contributed by atoms with E-state index in [-0.39, 0.29) is 6.61 Å². The number of methoxy groups -OCH3 is 1. The highest BCUT2D eigenvalue weighted by Crippen LogP contribution is 2.36. The number of carbonyl (C=O) groups is 1. The average molecular weight is 341 g/mol. The molecule has 106 valence electrons. The lowest BCUT2D eigenvalue weighted by atomic mass is 10.2. The van der Waals surface area contributed by atoms with Gasteiger partial charge in [-0.3, -0.25) is 4.79 Å². The van der Waals surface area contributed by atoms with Gasteiger partial charge in [0.25, 0.3) is 0 Å².